The van der Waals surface area contributed by atoms with E-state index in [1.54, 1.807) is 35.2 Å². The summed E-state index contributed by atoms with van der Waals surface area (Å²) >= 11 is 3.33. The van der Waals surface area contributed by atoms with Crippen molar-refractivity contribution in [1.82, 2.24) is 5.32 Å². The maximum Gasteiger partial charge on any atom is 0.253 e. The molecule has 2 amide bonds. The van der Waals surface area contributed by atoms with Crippen LogP contribution in [-0.2, 0) is 4.79 Å². The highest BCUT2D eigenvalue weighted by molar-refractivity contribution is 9.10. The molecule has 118 valence electrons. The topological polar surface area (TPSA) is 49.4 Å². The molecule has 0 radical (unpaired) electrons. The molecule has 0 aliphatic carbocycles. The average molecular weight is 377 g/mol. The molecule has 1 heterocycles. The second kappa shape index (κ2) is 6.50. The molecule has 1 saturated heterocycles. The number of rotatable bonds is 3. The van der Waals surface area contributed by atoms with Crippen LogP contribution in [0.4, 0.5) is 10.1 Å². The van der Waals surface area contributed by atoms with E-state index in [4.69, 9.17) is 0 Å². The van der Waals surface area contributed by atoms with E-state index < -0.39 is 6.04 Å². The first-order valence-corrected chi connectivity index (χ1v) is 7.98. The Morgan fingerprint density at radius 2 is 1.87 bits per heavy atom. The smallest absolute Gasteiger partial charge is 0.253 e. The summed E-state index contributed by atoms with van der Waals surface area (Å²) in [5.74, 6) is -0.826. The standard InChI is InChI=1S/C17H14BrFN2O2/c18-14-4-2-1-3-13(14)16(22)20-15-9-10-21(17(15)23)12-7-5-11(19)6-8-12/h1-8,15H,9-10H2,(H,20,22)/t15-/m1/s1. The third-order valence-corrected chi connectivity index (χ3v) is 4.46. The summed E-state index contributed by atoms with van der Waals surface area (Å²) in [7, 11) is 0. The van der Waals surface area contributed by atoms with Crippen molar-refractivity contribution in [3.63, 3.8) is 0 Å². The minimum atomic E-state index is -0.570. The molecule has 2 aromatic carbocycles. The van der Waals surface area contributed by atoms with E-state index in [2.05, 4.69) is 21.2 Å². The van der Waals surface area contributed by atoms with Gasteiger partial charge in [0.1, 0.15) is 11.9 Å². The number of carbonyl (C=O) groups excluding carboxylic acids is 2. The van der Waals surface area contributed by atoms with Gasteiger partial charge < -0.3 is 10.2 Å². The Hall–Kier alpha value is -2.21. The molecule has 4 nitrogen and oxygen atoms in total. The summed E-state index contributed by atoms with van der Waals surface area (Å²) < 4.78 is 13.7. The minimum absolute atomic E-state index is 0.183. The summed E-state index contributed by atoms with van der Waals surface area (Å²) in [6.07, 6.45) is 0.520. The minimum Gasteiger partial charge on any atom is -0.340 e. The van der Waals surface area contributed by atoms with E-state index in [1.165, 1.54) is 12.1 Å². The molecule has 0 saturated carbocycles. The summed E-state index contributed by atoms with van der Waals surface area (Å²) in [6.45, 7) is 0.491. The Balaban J connectivity index is 1.71. The van der Waals surface area contributed by atoms with Crippen molar-refractivity contribution in [3.05, 3.63) is 64.4 Å². The van der Waals surface area contributed by atoms with E-state index in [-0.39, 0.29) is 17.6 Å². The molecule has 1 atom stereocenters. The number of amides is 2. The van der Waals surface area contributed by atoms with Crippen LogP contribution in [0.3, 0.4) is 0 Å². The third kappa shape index (κ3) is 3.27. The molecule has 0 spiro atoms. The summed E-state index contributed by atoms with van der Waals surface area (Å²) in [5, 5.41) is 2.76. The SMILES string of the molecule is O=C(N[C@@H]1CCN(c2ccc(F)cc2)C1=O)c1ccccc1Br. The number of carbonyl (C=O) groups is 2. The highest BCUT2D eigenvalue weighted by Crippen LogP contribution is 2.23. The first kappa shape index (κ1) is 15.7. The second-order valence-electron chi connectivity index (χ2n) is 5.26. The van der Waals surface area contributed by atoms with Gasteiger partial charge in [-0.15, -0.1) is 0 Å². The summed E-state index contributed by atoms with van der Waals surface area (Å²) in [6, 6.07) is 12.2. The van der Waals surface area contributed by atoms with Gasteiger partial charge in [-0.2, -0.15) is 0 Å². The molecule has 0 bridgehead atoms. The van der Waals surface area contributed by atoms with Crippen molar-refractivity contribution >= 4 is 33.4 Å². The molecule has 3 rings (SSSR count). The predicted molar refractivity (Wildman–Crippen MR) is 88.8 cm³/mol. The first-order valence-electron chi connectivity index (χ1n) is 7.18. The third-order valence-electron chi connectivity index (χ3n) is 3.77. The van der Waals surface area contributed by atoms with Crippen LogP contribution in [0.2, 0.25) is 0 Å². The highest BCUT2D eigenvalue weighted by atomic mass is 79.9. The normalized spacial score (nSPS) is 17.4. The van der Waals surface area contributed by atoms with Crippen LogP contribution in [-0.4, -0.2) is 24.4 Å². The lowest BCUT2D eigenvalue weighted by Crippen LogP contribution is -2.41. The average Bonchev–Trinajstić information content (AvgIpc) is 2.89. The Morgan fingerprint density at radius 1 is 1.17 bits per heavy atom. The van der Waals surface area contributed by atoms with Gasteiger partial charge in [-0.3, -0.25) is 9.59 Å². The van der Waals surface area contributed by atoms with E-state index in [1.807, 2.05) is 6.07 Å². The molecule has 1 fully saturated rings. The molecule has 1 aliphatic rings. The fraction of sp³-hybridized carbons (Fsp3) is 0.176. The van der Waals surface area contributed by atoms with E-state index in [9.17, 15) is 14.0 Å². The number of nitrogens with zero attached hydrogens (tertiary/aromatic N) is 1. The fourth-order valence-electron chi connectivity index (χ4n) is 2.57. The molecular formula is C17H14BrFN2O2. The van der Waals surface area contributed by atoms with Crippen molar-refractivity contribution in [1.29, 1.82) is 0 Å². The van der Waals surface area contributed by atoms with Crippen LogP contribution in [0.15, 0.2) is 53.0 Å². The van der Waals surface area contributed by atoms with Gasteiger partial charge in [-0.25, -0.2) is 4.39 Å². The predicted octanol–water partition coefficient (Wildman–Crippen LogP) is 3.12. The first-order chi connectivity index (χ1) is 11.1. The molecule has 23 heavy (non-hydrogen) atoms. The van der Waals surface area contributed by atoms with E-state index >= 15 is 0 Å². The molecule has 0 unspecified atom stereocenters. The molecule has 1 aliphatic heterocycles. The number of hydrogen-bond donors (Lipinski definition) is 1. The Bertz CT molecular complexity index is 749. The van der Waals surface area contributed by atoms with Crippen molar-refractivity contribution in [2.45, 2.75) is 12.5 Å². The van der Waals surface area contributed by atoms with Gasteiger partial charge in [0.05, 0.1) is 5.56 Å². The van der Waals surface area contributed by atoms with Gasteiger partial charge in [0, 0.05) is 16.7 Å². The summed E-state index contributed by atoms with van der Waals surface area (Å²) in [5.41, 5.74) is 1.12. The molecule has 2 aromatic rings. The Kier molecular flexibility index (Phi) is 4.43. The van der Waals surface area contributed by atoms with Crippen LogP contribution in [0.25, 0.3) is 0 Å². The Labute approximate surface area is 141 Å². The van der Waals surface area contributed by atoms with Crippen LogP contribution in [0, 0.1) is 5.82 Å². The molecule has 6 heteroatoms. The maximum absolute atomic E-state index is 13.0. The second-order valence-corrected chi connectivity index (χ2v) is 6.12. The van der Waals surface area contributed by atoms with Crippen molar-refractivity contribution in [2.24, 2.45) is 0 Å². The van der Waals surface area contributed by atoms with Crippen LogP contribution in [0.1, 0.15) is 16.8 Å². The zero-order chi connectivity index (χ0) is 16.4. The number of hydrogen-bond acceptors (Lipinski definition) is 2. The quantitative estimate of drug-likeness (QED) is 0.894. The zero-order valence-corrected chi connectivity index (χ0v) is 13.7. The van der Waals surface area contributed by atoms with E-state index in [0.717, 1.165) is 0 Å². The van der Waals surface area contributed by atoms with E-state index in [0.29, 0.717) is 28.7 Å². The number of nitrogens with one attached hydrogen (secondary N) is 1. The highest BCUT2D eigenvalue weighted by Gasteiger charge is 2.33. The molecular weight excluding hydrogens is 363 g/mol. The van der Waals surface area contributed by atoms with Crippen molar-refractivity contribution < 1.29 is 14.0 Å². The van der Waals surface area contributed by atoms with Crippen molar-refractivity contribution in [2.75, 3.05) is 11.4 Å². The number of anilines is 1. The van der Waals surface area contributed by atoms with Crippen LogP contribution in [0.5, 0.6) is 0 Å². The van der Waals surface area contributed by atoms with Crippen molar-refractivity contribution in [3.8, 4) is 0 Å². The largest absolute Gasteiger partial charge is 0.340 e. The van der Waals surface area contributed by atoms with Gasteiger partial charge in [0.2, 0.25) is 5.91 Å². The fourth-order valence-corrected chi connectivity index (χ4v) is 3.04. The Morgan fingerprint density at radius 3 is 2.57 bits per heavy atom. The van der Waals surface area contributed by atoms with Crippen LogP contribution >= 0.6 is 15.9 Å². The number of halogens is 2. The maximum atomic E-state index is 13.0. The molecule has 0 aromatic heterocycles. The van der Waals surface area contributed by atoms with Gasteiger partial charge in [-0.05, 0) is 58.7 Å². The summed E-state index contributed by atoms with van der Waals surface area (Å²) in [4.78, 5) is 26.3. The number of benzene rings is 2. The van der Waals surface area contributed by atoms with Gasteiger partial charge in [-0.1, -0.05) is 12.1 Å². The van der Waals surface area contributed by atoms with Gasteiger partial charge in [0.25, 0.3) is 5.91 Å². The van der Waals surface area contributed by atoms with Gasteiger partial charge >= 0.3 is 0 Å². The van der Waals surface area contributed by atoms with Crippen LogP contribution < -0.4 is 10.2 Å². The lowest BCUT2D eigenvalue weighted by atomic mass is 10.2. The van der Waals surface area contributed by atoms with Gasteiger partial charge in [0.15, 0.2) is 0 Å². The zero-order valence-electron chi connectivity index (χ0n) is 12.1. The monoisotopic (exact) mass is 376 g/mol. The molecule has 1 N–H and O–H groups in total. The lowest BCUT2D eigenvalue weighted by molar-refractivity contribution is -0.118. The lowest BCUT2D eigenvalue weighted by Gasteiger charge is -2.17.